The van der Waals surface area contributed by atoms with Crippen LogP contribution in [0.5, 0.6) is 5.75 Å². The van der Waals surface area contributed by atoms with E-state index in [1.807, 2.05) is 0 Å². The first-order valence-electron chi connectivity index (χ1n) is 10.0. The lowest BCUT2D eigenvalue weighted by molar-refractivity contribution is 0.172. The SMILES string of the molecule is N#Cc1nc(COc2ccc(Cl)cc2)oc1NC[C@H](c1cccs1)N1CCCCC1. The van der Waals surface area contributed by atoms with Gasteiger partial charge in [0.1, 0.15) is 11.8 Å². The number of thiophene rings is 1. The van der Waals surface area contributed by atoms with Gasteiger partial charge in [-0.25, -0.2) is 0 Å². The van der Waals surface area contributed by atoms with Crippen LogP contribution in [0.15, 0.2) is 46.2 Å². The molecule has 1 fully saturated rings. The summed E-state index contributed by atoms with van der Waals surface area (Å²) in [5.74, 6) is 1.41. The normalized spacial score (nSPS) is 15.5. The van der Waals surface area contributed by atoms with Crippen molar-refractivity contribution in [2.75, 3.05) is 25.0 Å². The molecule has 0 spiro atoms. The molecule has 0 saturated carbocycles. The second-order valence-corrected chi connectivity index (χ2v) is 8.56. The zero-order valence-corrected chi connectivity index (χ0v) is 18.1. The van der Waals surface area contributed by atoms with E-state index in [0.717, 1.165) is 13.1 Å². The number of halogens is 1. The first-order chi connectivity index (χ1) is 14.7. The number of anilines is 1. The Morgan fingerprint density at radius 3 is 2.73 bits per heavy atom. The third-order valence-corrected chi connectivity index (χ3v) is 6.34. The van der Waals surface area contributed by atoms with Crippen molar-refractivity contribution in [2.24, 2.45) is 0 Å². The maximum Gasteiger partial charge on any atom is 0.236 e. The van der Waals surface area contributed by atoms with Gasteiger partial charge < -0.3 is 14.5 Å². The third-order valence-electron chi connectivity index (χ3n) is 5.11. The molecule has 2 aromatic heterocycles. The number of nitriles is 1. The quantitative estimate of drug-likeness (QED) is 0.498. The summed E-state index contributed by atoms with van der Waals surface area (Å²) in [5, 5.41) is 15.5. The number of hydrogen-bond donors (Lipinski definition) is 1. The smallest absolute Gasteiger partial charge is 0.236 e. The molecule has 8 heteroatoms. The average molecular weight is 443 g/mol. The highest BCUT2D eigenvalue weighted by Gasteiger charge is 2.24. The number of oxazole rings is 1. The minimum absolute atomic E-state index is 0.137. The number of nitrogens with zero attached hydrogens (tertiary/aromatic N) is 3. The highest BCUT2D eigenvalue weighted by atomic mass is 35.5. The minimum Gasteiger partial charge on any atom is -0.484 e. The number of rotatable bonds is 8. The van der Waals surface area contributed by atoms with E-state index in [1.54, 1.807) is 35.6 Å². The summed E-state index contributed by atoms with van der Waals surface area (Å²) in [6.45, 7) is 2.97. The van der Waals surface area contributed by atoms with Crippen LogP contribution in [0.4, 0.5) is 5.88 Å². The second kappa shape index (κ2) is 9.98. The van der Waals surface area contributed by atoms with Crippen molar-refractivity contribution in [3.63, 3.8) is 0 Å². The number of aromatic nitrogens is 1. The van der Waals surface area contributed by atoms with E-state index in [-0.39, 0.29) is 18.3 Å². The maximum atomic E-state index is 9.47. The Balaban J connectivity index is 1.42. The highest BCUT2D eigenvalue weighted by molar-refractivity contribution is 7.10. The van der Waals surface area contributed by atoms with Crippen molar-refractivity contribution in [3.05, 3.63) is 63.3 Å². The standard InChI is InChI=1S/C22H23ClN4O2S/c23-16-6-8-17(9-7-16)28-15-21-26-18(13-24)22(29-21)25-14-19(20-5-4-12-30-20)27-10-2-1-3-11-27/h4-9,12,19,25H,1-3,10-11,14-15H2/t19-/m1/s1. The van der Waals surface area contributed by atoms with Crippen LogP contribution in [0.2, 0.25) is 5.02 Å². The van der Waals surface area contributed by atoms with Crippen molar-refractivity contribution in [1.29, 1.82) is 5.26 Å². The van der Waals surface area contributed by atoms with Crippen molar-refractivity contribution >= 4 is 28.8 Å². The number of nitrogens with one attached hydrogen (secondary N) is 1. The summed E-state index contributed by atoms with van der Waals surface area (Å²) in [6.07, 6.45) is 3.73. The van der Waals surface area contributed by atoms with Crippen LogP contribution in [0.25, 0.3) is 0 Å². The molecule has 1 aliphatic rings. The van der Waals surface area contributed by atoms with Gasteiger partial charge in [0, 0.05) is 16.4 Å². The maximum absolute atomic E-state index is 9.47. The zero-order chi connectivity index (χ0) is 20.8. The van der Waals surface area contributed by atoms with Gasteiger partial charge in [-0.2, -0.15) is 10.2 Å². The number of likely N-dealkylation sites (tertiary alicyclic amines) is 1. The molecule has 0 radical (unpaired) electrons. The van der Waals surface area contributed by atoms with E-state index in [9.17, 15) is 5.26 Å². The molecule has 3 heterocycles. The van der Waals surface area contributed by atoms with Gasteiger partial charge in [0.2, 0.25) is 17.5 Å². The van der Waals surface area contributed by atoms with Crippen LogP contribution in [-0.4, -0.2) is 29.5 Å². The lowest BCUT2D eigenvalue weighted by Crippen LogP contribution is -2.36. The van der Waals surface area contributed by atoms with Crippen LogP contribution in [0, 0.1) is 11.3 Å². The van der Waals surface area contributed by atoms with Gasteiger partial charge in [-0.15, -0.1) is 11.3 Å². The lowest BCUT2D eigenvalue weighted by atomic mass is 10.1. The van der Waals surface area contributed by atoms with Crippen LogP contribution < -0.4 is 10.1 Å². The predicted octanol–water partition coefficient (Wildman–Crippen LogP) is 5.48. The van der Waals surface area contributed by atoms with Gasteiger partial charge >= 0.3 is 0 Å². The van der Waals surface area contributed by atoms with Crippen molar-refractivity contribution in [3.8, 4) is 11.8 Å². The van der Waals surface area contributed by atoms with E-state index < -0.39 is 0 Å². The molecule has 30 heavy (non-hydrogen) atoms. The number of hydrogen-bond acceptors (Lipinski definition) is 7. The van der Waals surface area contributed by atoms with Gasteiger partial charge in [-0.3, -0.25) is 4.90 Å². The Morgan fingerprint density at radius 2 is 2.03 bits per heavy atom. The summed E-state index contributed by atoms with van der Waals surface area (Å²) in [4.78, 5) is 8.09. The summed E-state index contributed by atoms with van der Waals surface area (Å²) in [7, 11) is 0. The van der Waals surface area contributed by atoms with E-state index in [2.05, 4.69) is 38.8 Å². The molecule has 156 valence electrons. The number of piperidine rings is 1. The summed E-state index contributed by atoms with van der Waals surface area (Å²) < 4.78 is 11.5. The molecule has 0 bridgehead atoms. The zero-order valence-electron chi connectivity index (χ0n) is 16.5. The molecule has 3 aromatic rings. The molecule has 1 saturated heterocycles. The van der Waals surface area contributed by atoms with Gasteiger partial charge in [0.15, 0.2) is 6.61 Å². The summed E-state index contributed by atoms with van der Waals surface area (Å²) >= 11 is 7.65. The molecule has 1 N–H and O–H groups in total. The van der Waals surface area contributed by atoms with Gasteiger partial charge in [-0.05, 0) is 61.6 Å². The van der Waals surface area contributed by atoms with E-state index >= 15 is 0 Å². The van der Waals surface area contributed by atoms with Crippen LogP contribution in [0.1, 0.15) is 41.8 Å². The molecule has 6 nitrogen and oxygen atoms in total. The summed E-state index contributed by atoms with van der Waals surface area (Å²) in [6, 6.07) is 13.7. The first-order valence-corrected chi connectivity index (χ1v) is 11.3. The van der Waals surface area contributed by atoms with E-state index in [4.69, 9.17) is 20.8 Å². The van der Waals surface area contributed by atoms with E-state index in [0.29, 0.717) is 29.1 Å². The molecule has 0 unspecified atom stereocenters. The Bertz CT molecular complexity index is 976. The Labute approximate surface area is 185 Å². The Morgan fingerprint density at radius 1 is 1.23 bits per heavy atom. The van der Waals surface area contributed by atoms with Crippen molar-refractivity contribution in [2.45, 2.75) is 31.9 Å². The van der Waals surface area contributed by atoms with E-state index in [1.165, 1.54) is 24.1 Å². The first kappa shape index (κ1) is 20.7. The number of benzene rings is 1. The fourth-order valence-electron chi connectivity index (χ4n) is 3.61. The Hall–Kier alpha value is -2.53. The van der Waals surface area contributed by atoms with Crippen molar-refractivity contribution in [1.82, 2.24) is 9.88 Å². The molecule has 1 aromatic carbocycles. The lowest BCUT2D eigenvalue weighted by Gasteiger charge is -2.34. The van der Waals surface area contributed by atoms with Crippen LogP contribution in [-0.2, 0) is 6.61 Å². The molecular formula is C22H23ClN4O2S. The molecular weight excluding hydrogens is 420 g/mol. The molecule has 0 aliphatic carbocycles. The third kappa shape index (κ3) is 5.14. The minimum atomic E-state index is 0.137. The molecule has 1 aliphatic heterocycles. The second-order valence-electron chi connectivity index (χ2n) is 7.15. The van der Waals surface area contributed by atoms with Gasteiger partial charge in [-0.1, -0.05) is 24.1 Å². The Kier molecular flexibility index (Phi) is 6.90. The van der Waals surface area contributed by atoms with Crippen LogP contribution >= 0.6 is 22.9 Å². The van der Waals surface area contributed by atoms with Crippen molar-refractivity contribution < 1.29 is 9.15 Å². The monoisotopic (exact) mass is 442 g/mol. The topological polar surface area (TPSA) is 74.3 Å². The molecule has 1 atom stereocenters. The fourth-order valence-corrected chi connectivity index (χ4v) is 4.59. The molecule has 0 amide bonds. The summed E-state index contributed by atoms with van der Waals surface area (Å²) in [5.41, 5.74) is 0.244. The van der Waals surface area contributed by atoms with Gasteiger partial charge in [0.25, 0.3) is 0 Å². The number of ether oxygens (including phenoxy) is 1. The largest absolute Gasteiger partial charge is 0.484 e. The average Bonchev–Trinajstić information content (AvgIpc) is 3.44. The van der Waals surface area contributed by atoms with Gasteiger partial charge in [0.05, 0.1) is 6.04 Å². The predicted molar refractivity (Wildman–Crippen MR) is 118 cm³/mol. The fraction of sp³-hybridized carbons (Fsp3) is 0.364. The highest BCUT2D eigenvalue weighted by Crippen LogP contribution is 2.29. The van der Waals surface area contributed by atoms with Crippen LogP contribution in [0.3, 0.4) is 0 Å². The molecule has 4 rings (SSSR count).